The third-order valence-corrected chi connectivity index (χ3v) is 5.46. The average Bonchev–Trinajstić information content (AvgIpc) is 3.54. The lowest BCUT2D eigenvalue weighted by molar-refractivity contribution is -0.124. The van der Waals surface area contributed by atoms with Crippen molar-refractivity contribution in [2.24, 2.45) is 0 Å². The van der Waals surface area contributed by atoms with Crippen molar-refractivity contribution >= 4 is 35.6 Å². The van der Waals surface area contributed by atoms with Crippen LogP contribution in [0.5, 0.6) is 0 Å². The molecule has 34 heavy (non-hydrogen) atoms. The summed E-state index contributed by atoms with van der Waals surface area (Å²) in [7, 11) is 0. The highest BCUT2D eigenvalue weighted by molar-refractivity contribution is 7.92. The molecule has 0 aromatic carbocycles. The van der Waals surface area contributed by atoms with Crippen LogP contribution in [0.25, 0.3) is 0 Å². The van der Waals surface area contributed by atoms with Gasteiger partial charge in [-0.2, -0.15) is 0 Å². The minimum Gasteiger partial charge on any atom is -0.491 e. The highest BCUT2D eigenvalue weighted by Crippen LogP contribution is 2.28. The molecule has 10 heteroatoms. The van der Waals surface area contributed by atoms with Crippen LogP contribution in [-0.2, 0) is 18.5 Å². The van der Waals surface area contributed by atoms with Crippen LogP contribution in [0.2, 0.25) is 0 Å². The lowest BCUT2D eigenvalue weighted by Crippen LogP contribution is -2.32. The predicted molar refractivity (Wildman–Crippen MR) is 136 cm³/mol. The minimum absolute atomic E-state index is 0.156. The van der Waals surface area contributed by atoms with E-state index >= 15 is 0 Å². The van der Waals surface area contributed by atoms with Crippen molar-refractivity contribution in [3.8, 4) is 0 Å². The van der Waals surface area contributed by atoms with Crippen molar-refractivity contribution in [1.29, 1.82) is 0 Å². The Balaban J connectivity index is 2.12. The van der Waals surface area contributed by atoms with Gasteiger partial charge >= 0.3 is 0 Å². The number of amides is 2. The molecule has 186 valence electrons. The van der Waals surface area contributed by atoms with Gasteiger partial charge in [-0.15, -0.1) is 0 Å². The summed E-state index contributed by atoms with van der Waals surface area (Å²) in [6.07, 6.45) is 7.77. The van der Waals surface area contributed by atoms with Crippen molar-refractivity contribution in [1.82, 2.24) is 14.9 Å². The summed E-state index contributed by atoms with van der Waals surface area (Å²) in [6.45, 7) is 18.0. The third-order valence-electron chi connectivity index (χ3n) is 4.27. The molecule has 2 N–H and O–H groups in total. The molecule has 2 atom stereocenters. The van der Waals surface area contributed by atoms with Crippen LogP contribution in [0.4, 0.5) is 4.39 Å². The van der Waals surface area contributed by atoms with Crippen molar-refractivity contribution < 1.29 is 22.9 Å². The Hall–Kier alpha value is -2.59. The Labute approximate surface area is 210 Å². The molecule has 0 aromatic heterocycles. The molecule has 2 amide bonds. The fourth-order valence-corrected chi connectivity index (χ4v) is 3.10. The Morgan fingerprint density at radius 3 is 2.68 bits per heavy atom. The summed E-state index contributed by atoms with van der Waals surface area (Å²) in [4.78, 5) is 23.9. The summed E-state index contributed by atoms with van der Waals surface area (Å²) >= 11 is 6.77. The van der Waals surface area contributed by atoms with E-state index in [2.05, 4.69) is 36.9 Å². The second kappa shape index (κ2) is 16.1. The monoisotopic (exact) mass is 511 g/mol. The van der Waals surface area contributed by atoms with Crippen molar-refractivity contribution in [3.05, 3.63) is 84.5 Å². The summed E-state index contributed by atoms with van der Waals surface area (Å²) in [5.74, 6) is -1.39. The SMILES string of the molecule is C=C/C(C)=C\C(=C)COSN1CC1CNC(=O)C(=C)CCNC(=O)CO/C=C/C=C(/Cl)C(=C)F. The smallest absolute Gasteiger partial charge is 0.257 e. The van der Waals surface area contributed by atoms with E-state index in [1.165, 1.54) is 30.6 Å². The Morgan fingerprint density at radius 2 is 2.00 bits per heavy atom. The van der Waals surface area contributed by atoms with Gasteiger partial charge in [-0.1, -0.05) is 55.6 Å². The second-order valence-corrected chi connectivity index (χ2v) is 8.57. The van der Waals surface area contributed by atoms with E-state index < -0.39 is 5.83 Å². The zero-order valence-corrected chi connectivity index (χ0v) is 20.9. The van der Waals surface area contributed by atoms with E-state index in [-0.39, 0.29) is 36.0 Å². The van der Waals surface area contributed by atoms with E-state index in [1.807, 2.05) is 17.3 Å². The van der Waals surface area contributed by atoms with Crippen LogP contribution in [0.3, 0.4) is 0 Å². The van der Waals surface area contributed by atoms with Gasteiger partial charge in [-0.3, -0.25) is 13.8 Å². The molecule has 1 saturated heterocycles. The maximum Gasteiger partial charge on any atom is 0.257 e. The minimum atomic E-state index is -0.763. The number of nitrogens with zero attached hydrogens (tertiary/aromatic N) is 1. The summed E-state index contributed by atoms with van der Waals surface area (Å²) in [6, 6.07) is 0.193. The van der Waals surface area contributed by atoms with E-state index in [0.717, 1.165) is 17.7 Å². The molecule has 0 spiro atoms. The second-order valence-electron chi connectivity index (χ2n) is 7.31. The van der Waals surface area contributed by atoms with Gasteiger partial charge in [0.15, 0.2) is 6.61 Å². The quantitative estimate of drug-likeness (QED) is 0.0758. The van der Waals surface area contributed by atoms with Crippen LogP contribution < -0.4 is 10.6 Å². The molecule has 1 aliphatic rings. The number of hydrogen-bond donors (Lipinski definition) is 2. The molecule has 1 aliphatic heterocycles. The van der Waals surface area contributed by atoms with Gasteiger partial charge in [0.25, 0.3) is 5.91 Å². The topological polar surface area (TPSA) is 79.7 Å². The largest absolute Gasteiger partial charge is 0.491 e. The van der Waals surface area contributed by atoms with Gasteiger partial charge < -0.3 is 15.4 Å². The maximum atomic E-state index is 12.6. The van der Waals surface area contributed by atoms with Crippen molar-refractivity contribution in [2.75, 3.05) is 32.8 Å². The lowest BCUT2D eigenvalue weighted by Gasteiger charge is -2.09. The van der Waals surface area contributed by atoms with E-state index in [4.69, 9.17) is 20.5 Å². The number of carbonyl (C=O) groups is 2. The molecule has 2 unspecified atom stereocenters. The van der Waals surface area contributed by atoms with Crippen LogP contribution in [0.1, 0.15) is 13.3 Å². The number of halogens is 2. The first kappa shape index (κ1) is 29.4. The summed E-state index contributed by atoms with van der Waals surface area (Å²) < 4.78 is 25.2. The zero-order valence-electron chi connectivity index (χ0n) is 19.3. The number of nitrogens with one attached hydrogen (secondary N) is 2. The molecule has 0 bridgehead atoms. The van der Waals surface area contributed by atoms with Crippen molar-refractivity contribution in [3.63, 3.8) is 0 Å². The first-order valence-corrected chi connectivity index (χ1v) is 11.5. The molecular weight excluding hydrogens is 481 g/mol. The molecule has 1 fully saturated rings. The molecule has 7 nitrogen and oxygen atoms in total. The molecule has 1 heterocycles. The van der Waals surface area contributed by atoms with E-state index in [9.17, 15) is 14.0 Å². The molecule has 0 aliphatic carbocycles. The molecule has 0 radical (unpaired) electrons. The first-order chi connectivity index (χ1) is 16.1. The van der Waals surface area contributed by atoms with Gasteiger partial charge in [-0.05, 0) is 31.1 Å². The highest BCUT2D eigenvalue weighted by Gasteiger charge is 2.35. The van der Waals surface area contributed by atoms with Gasteiger partial charge in [0, 0.05) is 25.2 Å². The number of rotatable bonds is 17. The van der Waals surface area contributed by atoms with Crippen LogP contribution in [0, 0.1) is 0 Å². The zero-order chi connectivity index (χ0) is 25.5. The van der Waals surface area contributed by atoms with Gasteiger partial charge in [0.2, 0.25) is 5.91 Å². The maximum absolute atomic E-state index is 12.6. The van der Waals surface area contributed by atoms with Crippen LogP contribution in [-0.4, -0.2) is 55.0 Å². The Morgan fingerprint density at radius 1 is 1.26 bits per heavy atom. The first-order valence-electron chi connectivity index (χ1n) is 10.4. The molecular formula is C24H31ClFN3O4S. The highest BCUT2D eigenvalue weighted by atomic mass is 35.5. The molecule has 0 aromatic rings. The van der Waals surface area contributed by atoms with Gasteiger partial charge in [0.05, 0.1) is 36.2 Å². The summed E-state index contributed by atoms with van der Waals surface area (Å²) in [5.41, 5.74) is 2.24. The van der Waals surface area contributed by atoms with Gasteiger partial charge in [0.1, 0.15) is 5.83 Å². The predicted octanol–water partition coefficient (Wildman–Crippen LogP) is 4.25. The summed E-state index contributed by atoms with van der Waals surface area (Å²) in [5, 5.41) is 5.29. The van der Waals surface area contributed by atoms with E-state index in [1.54, 1.807) is 6.08 Å². The Kier molecular flexibility index (Phi) is 13.9. The average molecular weight is 512 g/mol. The fourth-order valence-electron chi connectivity index (χ4n) is 2.26. The molecule has 0 saturated carbocycles. The standard InChI is InChI=1S/C24H31ClFN3O4S/c1-6-17(2)12-18(3)15-33-34-29-14-21(29)13-28-24(31)19(4)9-10-27-23(30)16-32-11-7-8-22(25)20(5)26/h6-8,11-12,21H,1,3-5,9-10,13-16H2,2H3,(H,27,30)(H,28,31)/b11-7+,17-12-,22-8+. The van der Waals surface area contributed by atoms with E-state index in [0.29, 0.717) is 25.1 Å². The normalized spacial score (nSPS) is 17.7. The van der Waals surface area contributed by atoms with Crippen LogP contribution in [0.15, 0.2) is 84.5 Å². The lowest BCUT2D eigenvalue weighted by atomic mass is 10.2. The van der Waals surface area contributed by atoms with Crippen LogP contribution >= 0.6 is 23.8 Å². The number of carbonyl (C=O) groups excluding carboxylic acids is 2. The number of ether oxygens (including phenoxy) is 1. The number of allylic oxidation sites excluding steroid dienone is 6. The number of hydrogen-bond acceptors (Lipinski definition) is 6. The third kappa shape index (κ3) is 13.2. The van der Waals surface area contributed by atoms with Gasteiger partial charge in [-0.25, -0.2) is 8.70 Å². The molecule has 1 rings (SSSR count). The fraction of sp³-hybridized carbons (Fsp3) is 0.333. The van der Waals surface area contributed by atoms with Crippen molar-refractivity contribution in [2.45, 2.75) is 19.4 Å². The Bertz CT molecular complexity index is 885.